The van der Waals surface area contributed by atoms with Crippen molar-refractivity contribution in [2.24, 2.45) is 17.3 Å². The molecule has 3 nitrogen and oxygen atoms in total. The lowest BCUT2D eigenvalue weighted by Gasteiger charge is -2.26. The Hall–Kier alpha value is -0.570. The van der Waals surface area contributed by atoms with E-state index < -0.39 is 18.0 Å². The molecule has 1 rings (SSSR count). The van der Waals surface area contributed by atoms with Gasteiger partial charge in [-0.15, -0.1) is 0 Å². The number of hydrogen-bond acceptors (Lipinski definition) is 2. The average molecular weight is 186 g/mol. The first-order valence-electron chi connectivity index (χ1n) is 4.73. The summed E-state index contributed by atoms with van der Waals surface area (Å²) in [6.07, 6.45) is 0.585. The molecule has 13 heavy (non-hydrogen) atoms. The van der Waals surface area contributed by atoms with Crippen LogP contribution in [0.3, 0.4) is 0 Å². The first-order chi connectivity index (χ1) is 5.82. The number of carboxylic acid groups (broad SMARTS) is 1. The molecule has 0 amide bonds. The molecule has 0 bridgehead atoms. The van der Waals surface area contributed by atoms with Crippen LogP contribution in [0, 0.1) is 17.3 Å². The van der Waals surface area contributed by atoms with E-state index in [9.17, 15) is 9.90 Å². The van der Waals surface area contributed by atoms with Gasteiger partial charge in [0.2, 0.25) is 0 Å². The van der Waals surface area contributed by atoms with Crippen molar-refractivity contribution in [1.29, 1.82) is 0 Å². The Labute approximate surface area is 78.8 Å². The second-order valence-electron chi connectivity index (χ2n) is 5.05. The van der Waals surface area contributed by atoms with E-state index in [2.05, 4.69) is 20.8 Å². The zero-order valence-electron chi connectivity index (χ0n) is 8.45. The number of rotatable bonds is 1. The van der Waals surface area contributed by atoms with Crippen LogP contribution in [0.4, 0.5) is 0 Å². The molecule has 0 heterocycles. The summed E-state index contributed by atoms with van der Waals surface area (Å²) in [4.78, 5) is 10.7. The molecule has 76 valence electrons. The lowest BCUT2D eigenvalue weighted by Crippen LogP contribution is -2.21. The zero-order chi connectivity index (χ0) is 10.2. The van der Waals surface area contributed by atoms with Crippen molar-refractivity contribution in [3.8, 4) is 0 Å². The highest BCUT2D eigenvalue weighted by Gasteiger charge is 2.42. The number of carbonyl (C=O) groups is 1. The Morgan fingerprint density at radius 1 is 1.31 bits per heavy atom. The fourth-order valence-electron chi connectivity index (χ4n) is 1.99. The van der Waals surface area contributed by atoms with Crippen LogP contribution in [0.15, 0.2) is 0 Å². The van der Waals surface area contributed by atoms with Gasteiger partial charge in [-0.2, -0.15) is 0 Å². The molecule has 0 spiro atoms. The molecule has 0 aromatic carbocycles. The van der Waals surface area contributed by atoms with Crippen LogP contribution < -0.4 is 0 Å². The van der Waals surface area contributed by atoms with Crippen molar-refractivity contribution in [2.75, 3.05) is 0 Å². The SMILES string of the molecule is CC(C)(C)C1CC(O)C(C(=O)O)C1. The number of carboxylic acids is 1. The van der Waals surface area contributed by atoms with E-state index in [1.165, 1.54) is 0 Å². The zero-order valence-corrected chi connectivity index (χ0v) is 8.45. The van der Waals surface area contributed by atoms with Gasteiger partial charge in [0.25, 0.3) is 0 Å². The van der Waals surface area contributed by atoms with Crippen LogP contribution in [0.25, 0.3) is 0 Å². The van der Waals surface area contributed by atoms with Crippen LogP contribution in [-0.2, 0) is 4.79 Å². The van der Waals surface area contributed by atoms with E-state index in [4.69, 9.17) is 5.11 Å². The average Bonchev–Trinajstić information content (AvgIpc) is 2.29. The van der Waals surface area contributed by atoms with E-state index in [0.717, 1.165) is 0 Å². The molecule has 1 fully saturated rings. The molecule has 2 N–H and O–H groups in total. The van der Waals surface area contributed by atoms with Crippen LogP contribution >= 0.6 is 0 Å². The number of aliphatic hydroxyl groups excluding tert-OH is 1. The summed E-state index contributed by atoms with van der Waals surface area (Å²) in [5.74, 6) is -1.09. The molecule has 1 aliphatic rings. The third-order valence-corrected chi connectivity index (χ3v) is 3.07. The first-order valence-corrected chi connectivity index (χ1v) is 4.73. The molecule has 0 aliphatic heterocycles. The quantitative estimate of drug-likeness (QED) is 0.652. The molecular weight excluding hydrogens is 168 g/mol. The molecule has 3 heteroatoms. The predicted molar refractivity (Wildman–Crippen MR) is 49.3 cm³/mol. The van der Waals surface area contributed by atoms with Gasteiger partial charge < -0.3 is 10.2 Å². The molecule has 0 aromatic heterocycles. The van der Waals surface area contributed by atoms with E-state index in [1.54, 1.807) is 0 Å². The Morgan fingerprint density at radius 3 is 2.08 bits per heavy atom. The summed E-state index contributed by atoms with van der Waals surface area (Å²) in [6, 6.07) is 0. The van der Waals surface area contributed by atoms with Crippen LogP contribution in [0.5, 0.6) is 0 Å². The molecular formula is C10H18O3. The highest BCUT2D eigenvalue weighted by Crippen LogP contribution is 2.42. The highest BCUT2D eigenvalue weighted by molar-refractivity contribution is 5.71. The minimum absolute atomic E-state index is 0.102. The monoisotopic (exact) mass is 186 g/mol. The summed E-state index contributed by atoms with van der Waals surface area (Å²) in [5, 5.41) is 18.3. The molecule has 1 aliphatic carbocycles. The minimum Gasteiger partial charge on any atom is -0.481 e. The predicted octanol–water partition coefficient (Wildman–Crippen LogP) is 1.50. The molecule has 0 aromatic rings. The van der Waals surface area contributed by atoms with Gasteiger partial charge in [-0.1, -0.05) is 20.8 Å². The fourth-order valence-corrected chi connectivity index (χ4v) is 1.99. The maximum absolute atomic E-state index is 10.7. The summed E-state index contributed by atoms with van der Waals surface area (Å²) < 4.78 is 0. The van der Waals surface area contributed by atoms with Crippen molar-refractivity contribution in [3.63, 3.8) is 0 Å². The van der Waals surface area contributed by atoms with E-state index >= 15 is 0 Å². The van der Waals surface area contributed by atoms with E-state index in [0.29, 0.717) is 18.8 Å². The molecule has 0 radical (unpaired) electrons. The normalized spacial score (nSPS) is 34.9. The van der Waals surface area contributed by atoms with E-state index in [-0.39, 0.29) is 5.41 Å². The fraction of sp³-hybridized carbons (Fsp3) is 0.900. The van der Waals surface area contributed by atoms with E-state index in [1.807, 2.05) is 0 Å². The lowest BCUT2D eigenvalue weighted by molar-refractivity contribution is -0.144. The highest BCUT2D eigenvalue weighted by atomic mass is 16.4. The van der Waals surface area contributed by atoms with Gasteiger partial charge in [-0.25, -0.2) is 0 Å². The van der Waals surface area contributed by atoms with Crippen molar-refractivity contribution in [3.05, 3.63) is 0 Å². The number of hydrogen-bond donors (Lipinski definition) is 2. The smallest absolute Gasteiger partial charge is 0.309 e. The third kappa shape index (κ3) is 2.21. The molecule has 1 saturated carbocycles. The van der Waals surface area contributed by atoms with Crippen molar-refractivity contribution >= 4 is 5.97 Å². The second kappa shape index (κ2) is 3.29. The van der Waals surface area contributed by atoms with Crippen molar-refractivity contribution in [1.82, 2.24) is 0 Å². The number of aliphatic hydroxyl groups is 1. The molecule has 0 saturated heterocycles. The van der Waals surface area contributed by atoms with Gasteiger partial charge in [0.15, 0.2) is 0 Å². The lowest BCUT2D eigenvalue weighted by atomic mass is 9.79. The van der Waals surface area contributed by atoms with Crippen LogP contribution in [0.2, 0.25) is 0 Å². The topological polar surface area (TPSA) is 57.5 Å². The van der Waals surface area contributed by atoms with Crippen molar-refractivity contribution in [2.45, 2.75) is 39.7 Å². The van der Waals surface area contributed by atoms with Gasteiger partial charge in [0.1, 0.15) is 0 Å². The standard InChI is InChI=1S/C10H18O3/c1-10(2,3)6-4-7(9(12)13)8(11)5-6/h6-8,11H,4-5H2,1-3H3,(H,12,13). The summed E-state index contributed by atoms with van der Waals surface area (Å²) in [5.41, 5.74) is 0.102. The number of aliphatic carboxylic acids is 1. The minimum atomic E-state index is -0.862. The summed E-state index contributed by atoms with van der Waals surface area (Å²) in [7, 11) is 0. The second-order valence-corrected chi connectivity index (χ2v) is 5.05. The molecule has 3 unspecified atom stereocenters. The Morgan fingerprint density at radius 2 is 1.85 bits per heavy atom. The van der Waals surface area contributed by atoms with Gasteiger partial charge in [0, 0.05) is 0 Å². The maximum Gasteiger partial charge on any atom is 0.309 e. The Bertz CT molecular complexity index is 205. The Balaban J connectivity index is 2.65. The maximum atomic E-state index is 10.7. The summed E-state index contributed by atoms with van der Waals surface area (Å²) in [6.45, 7) is 6.28. The van der Waals surface area contributed by atoms with Crippen molar-refractivity contribution < 1.29 is 15.0 Å². The largest absolute Gasteiger partial charge is 0.481 e. The van der Waals surface area contributed by atoms with Gasteiger partial charge in [-0.05, 0) is 24.2 Å². The third-order valence-electron chi connectivity index (χ3n) is 3.07. The van der Waals surface area contributed by atoms with Gasteiger partial charge in [-0.3, -0.25) is 4.79 Å². The van der Waals surface area contributed by atoms with Crippen LogP contribution in [0.1, 0.15) is 33.6 Å². The summed E-state index contributed by atoms with van der Waals surface area (Å²) >= 11 is 0. The Kier molecular flexibility index (Phi) is 2.66. The first kappa shape index (κ1) is 10.5. The van der Waals surface area contributed by atoms with Gasteiger partial charge in [0.05, 0.1) is 12.0 Å². The molecule has 3 atom stereocenters. The van der Waals surface area contributed by atoms with Crippen LogP contribution in [-0.4, -0.2) is 22.3 Å². The van der Waals surface area contributed by atoms with Gasteiger partial charge >= 0.3 is 5.97 Å².